The highest BCUT2D eigenvalue weighted by atomic mass is 35.5. The first-order chi connectivity index (χ1) is 10.7. The van der Waals surface area contributed by atoms with Crippen molar-refractivity contribution in [2.45, 2.75) is 19.3 Å². The lowest BCUT2D eigenvalue weighted by atomic mass is 9.83. The molecule has 1 amide bonds. The van der Waals surface area contributed by atoms with Crippen LogP contribution in [0.2, 0.25) is 5.02 Å². The van der Waals surface area contributed by atoms with Crippen LogP contribution in [0.25, 0.3) is 0 Å². The first-order valence-electron chi connectivity index (χ1n) is 7.24. The van der Waals surface area contributed by atoms with Gasteiger partial charge in [-0.1, -0.05) is 29.8 Å². The Morgan fingerprint density at radius 1 is 1.18 bits per heavy atom. The topological polar surface area (TPSA) is 61.4 Å². The molecule has 2 aromatic carbocycles. The minimum absolute atomic E-state index is 0.153. The quantitative estimate of drug-likeness (QED) is 0.598. The van der Waals surface area contributed by atoms with Gasteiger partial charge in [0.1, 0.15) is 0 Å². The van der Waals surface area contributed by atoms with Crippen LogP contribution in [0.4, 0.5) is 11.4 Å². The second kappa shape index (κ2) is 6.38. The standard InChI is InChI=1S/C17H17ClN2O2/c18-15-3-1-2-4-16(15)19-14-8-7-11-9-13(17(21)20-22)6-5-12(11)10-14/h1-4,7-8,10,13,19,22H,5-6,9H2,(H,20,21). The Hall–Kier alpha value is -2.04. The van der Waals surface area contributed by atoms with Crippen molar-refractivity contribution >= 4 is 28.9 Å². The van der Waals surface area contributed by atoms with Crippen molar-refractivity contribution in [3.05, 3.63) is 58.6 Å². The van der Waals surface area contributed by atoms with Gasteiger partial charge in [-0.05, 0) is 54.7 Å². The van der Waals surface area contributed by atoms with E-state index >= 15 is 0 Å². The third kappa shape index (κ3) is 3.08. The van der Waals surface area contributed by atoms with Crippen LogP contribution in [0, 0.1) is 5.92 Å². The Morgan fingerprint density at radius 2 is 2.00 bits per heavy atom. The Kier molecular flexibility index (Phi) is 4.32. The van der Waals surface area contributed by atoms with Crippen LogP contribution in [0.1, 0.15) is 17.5 Å². The number of hydrogen-bond acceptors (Lipinski definition) is 3. The minimum Gasteiger partial charge on any atom is -0.354 e. The number of amides is 1. The smallest absolute Gasteiger partial charge is 0.246 e. The molecule has 0 heterocycles. The zero-order chi connectivity index (χ0) is 15.5. The van der Waals surface area contributed by atoms with Crippen LogP contribution < -0.4 is 10.8 Å². The number of halogens is 1. The molecule has 0 aliphatic heterocycles. The van der Waals surface area contributed by atoms with E-state index in [9.17, 15) is 4.79 Å². The summed E-state index contributed by atoms with van der Waals surface area (Å²) in [6.07, 6.45) is 2.23. The zero-order valence-electron chi connectivity index (χ0n) is 12.0. The average Bonchev–Trinajstić information content (AvgIpc) is 2.55. The number of hydrogen-bond donors (Lipinski definition) is 3. The molecule has 0 fully saturated rings. The van der Waals surface area contributed by atoms with Gasteiger partial charge in [0.2, 0.25) is 5.91 Å². The molecule has 2 aromatic rings. The maximum Gasteiger partial charge on any atom is 0.246 e. The third-order valence-corrected chi connectivity index (χ3v) is 4.40. The van der Waals surface area contributed by atoms with E-state index in [1.54, 1.807) is 5.48 Å². The molecule has 22 heavy (non-hydrogen) atoms. The maximum absolute atomic E-state index is 11.5. The Balaban J connectivity index is 1.78. The number of carbonyl (C=O) groups excluding carboxylic acids is 1. The number of rotatable bonds is 3. The molecule has 0 aromatic heterocycles. The van der Waals surface area contributed by atoms with E-state index < -0.39 is 0 Å². The molecule has 1 atom stereocenters. The number of hydroxylamine groups is 1. The summed E-state index contributed by atoms with van der Waals surface area (Å²) >= 11 is 6.16. The molecule has 0 saturated heterocycles. The number of benzene rings is 2. The van der Waals surface area contributed by atoms with Crippen molar-refractivity contribution in [1.82, 2.24) is 5.48 Å². The van der Waals surface area contributed by atoms with Crippen molar-refractivity contribution in [3.8, 4) is 0 Å². The van der Waals surface area contributed by atoms with Crippen molar-refractivity contribution in [2.75, 3.05) is 5.32 Å². The predicted molar refractivity (Wildman–Crippen MR) is 86.6 cm³/mol. The summed E-state index contributed by atoms with van der Waals surface area (Å²) < 4.78 is 0. The van der Waals surface area contributed by atoms with E-state index in [1.807, 2.05) is 36.4 Å². The van der Waals surface area contributed by atoms with Gasteiger partial charge < -0.3 is 5.32 Å². The SMILES string of the molecule is O=C(NO)C1CCc2cc(Nc3ccccc3Cl)ccc2C1. The lowest BCUT2D eigenvalue weighted by molar-refractivity contribution is -0.133. The largest absolute Gasteiger partial charge is 0.354 e. The summed E-state index contributed by atoms with van der Waals surface area (Å²) in [5.41, 5.74) is 6.00. The van der Waals surface area contributed by atoms with Crippen molar-refractivity contribution < 1.29 is 10.0 Å². The highest BCUT2D eigenvalue weighted by molar-refractivity contribution is 6.33. The molecule has 0 saturated carbocycles. The van der Waals surface area contributed by atoms with Crippen molar-refractivity contribution in [3.63, 3.8) is 0 Å². The van der Waals surface area contributed by atoms with E-state index in [2.05, 4.69) is 11.4 Å². The van der Waals surface area contributed by atoms with Gasteiger partial charge in [-0.15, -0.1) is 0 Å². The van der Waals surface area contributed by atoms with Gasteiger partial charge in [0.05, 0.1) is 10.7 Å². The Bertz CT molecular complexity index is 703. The number of para-hydroxylation sites is 1. The normalized spacial score (nSPS) is 16.7. The molecule has 0 spiro atoms. The van der Waals surface area contributed by atoms with Gasteiger partial charge in [-0.3, -0.25) is 10.0 Å². The molecule has 3 N–H and O–H groups in total. The molecular formula is C17H17ClN2O2. The van der Waals surface area contributed by atoms with Crippen LogP contribution in [0.5, 0.6) is 0 Å². The van der Waals surface area contributed by atoms with Crippen LogP contribution in [-0.4, -0.2) is 11.1 Å². The summed E-state index contributed by atoms with van der Waals surface area (Å²) in [5.74, 6) is -0.455. The molecule has 4 nitrogen and oxygen atoms in total. The molecule has 0 radical (unpaired) electrons. The second-order valence-corrected chi connectivity index (χ2v) is 5.91. The fraction of sp³-hybridized carbons (Fsp3) is 0.235. The minimum atomic E-state index is -0.302. The lowest BCUT2D eigenvalue weighted by Crippen LogP contribution is -2.31. The predicted octanol–water partition coefficient (Wildman–Crippen LogP) is 3.69. The van der Waals surface area contributed by atoms with Crippen LogP contribution in [0.3, 0.4) is 0 Å². The van der Waals surface area contributed by atoms with Gasteiger partial charge in [0.25, 0.3) is 0 Å². The fourth-order valence-corrected chi connectivity index (χ4v) is 3.05. The summed E-state index contributed by atoms with van der Waals surface area (Å²) in [5, 5.41) is 12.7. The number of fused-ring (bicyclic) bond motifs is 1. The highest BCUT2D eigenvalue weighted by Crippen LogP contribution is 2.30. The van der Waals surface area contributed by atoms with Crippen LogP contribution >= 0.6 is 11.6 Å². The summed E-state index contributed by atoms with van der Waals surface area (Å²) in [4.78, 5) is 11.5. The molecule has 114 valence electrons. The van der Waals surface area contributed by atoms with E-state index in [0.29, 0.717) is 11.4 Å². The van der Waals surface area contributed by atoms with E-state index in [-0.39, 0.29) is 11.8 Å². The van der Waals surface area contributed by atoms with Gasteiger partial charge in [-0.2, -0.15) is 0 Å². The first-order valence-corrected chi connectivity index (χ1v) is 7.62. The van der Waals surface area contributed by atoms with Crippen LogP contribution in [0.15, 0.2) is 42.5 Å². The molecule has 1 unspecified atom stereocenters. The first kappa shape index (κ1) is 14.9. The Labute approximate surface area is 134 Å². The summed E-state index contributed by atoms with van der Waals surface area (Å²) in [6.45, 7) is 0. The van der Waals surface area contributed by atoms with E-state index in [4.69, 9.17) is 16.8 Å². The van der Waals surface area contributed by atoms with E-state index in [1.165, 1.54) is 5.56 Å². The molecule has 3 rings (SSSR count). The maximum atomic E-state index is 11.5. The van der Waals surface area contributed by atoms with Crippen molar-refractivity contribution in [2.24, 2.45) is 5.92 Å². The van der Waals surface area contributed by atoms with Gasteiger partial charge >= 0.3 is 0 Å². The van der Waals surface area contributed by atoms with E-state index in [0.717, 1.165) is 29.8 Å². The lowest BCUT2D eigenvalue weighted by Gasteiger charge is -2.23. The summed E-state index contributed by atoms with van der Waals surface area (Å²) in [6, 6.07) is 13.7. The number of nitrogens with one attached hydrogen (secondary N) is 2. The zero-order valence-corrected chi connectivity index (χ0v) is 12.7. The van der Waals surface area contributed by atoms with Gasteiger partial charge in [0, 0.05) is 11.6 Å². The van der Waals surface area contributed by atoms with Gasteiger partial charge in [0.15, 0.2) is 0 Å². The fourth-order valence-electron chi connectivity index (χ4n) is 2.87. The Morgan fingerprint density at radius 3 is 2.77 bits per heavy atom. The molecule has 5 heteroatoms. The second-order valence-electron chi connectivity index (χ2n) is 5.50. The molecule has 1 aliphatic rings. The average molecular weight is 317 g/mol. The molecular weight excluding hydrogens is 300 g/mol. The number of carbonyl (C=O) groups is 1. The van der Waals surface area contributed by atoms with Gasteiger partial charge in [-0.25, -0.2) is 5.48 Å². The third-order valence-electron chi connectivity index (χ3n) is 4.07. The van der Waals surface area contributed by atoms with Crippen molar-refractivity contribution in [1.29, 1.82) is 0 Å². The van der Waals surface area contributed by atoms with Crippen LogP contribution in [-0.2, 0) is 17.6 Å². The summed E-state index contributed by atoms with van der Waals surface area (Å²) in [7, 11) is 0. The highest BCUT2D eigenvalue weighted by Gasteiger charge is 2.24. The monoisotopic (exact) mass is 316 g/mol. The number of anilines is 2. The number of aryl methyl sites for hydroxylation is 1. The molecule has 1 aliphatic carbocycles. The molecule has 0 bridgehead atoms.